The van der Waals surface area contributed by atoms with Crippen molar-refractivity contribution in [3.8, 4) is 0 Å². The molecule has 0 aliphatic rings. The van der Waals surface area contributed by atoms with E-state index >= 15 is 0 Å². The maximum atomic E-state index is 12.9. The molecule has 0 radical (unpaired) electrons. The quantitative estimate of drug-likeness (QED) is 0.0261. The number of carbonyl (C=O) groups is 3. The van der Waals surface area contributed by atoms with Crippen molar-refractivity contribution in [1.82, 2.24) is 0 Å². The molecule has 0 saturated carbocycles. The van der Waals surface area contributed by atoms with Crippen LogP contribution in [0.1, 0.15) is 284 Å². The molecule has 1 atom stereocenters. The van der Waals surface area contributed by atoms with Crippen LogP contribution in [0, 0.1) is 0 Å². The van der Waals surface area contributed by atoms with Gasteiger partial charge in [0.25, 0.3) is 0 Å². The average molecular weight is 1000 g/mol. The van der Waals surface area contributed by atoms with Gasteiger partial charge in [-0.1, -0.05) is 240 Å². The topological polar surface area (TPSA) is 78.9 Å². The molecule has 0 amide bonds. The van der Waals surface area contributed by atoms with Crippen LogP contribution >= 0.6 is 0 Å². The van der Waals surface area contributed by atoms with Gasteiger partial charge >= 0.3 is 17.9 Å². The molecular formula is C66H112O6. The van der Waals surface area contributed by atoms with E-state index in [1.807, 2.05) is 0 Å². The number of esters is 3. The Hall–Kier alpha value is -3.67. The molecule has 0 spiro atoms. The molecule has 0 aromatic carbocycles. The van der Waals surface area contributed by atoms with Gasteiger partial charge in [0.05, 0.1) is 0 Å². The van der Waals surface area contributed by atoms with Gasteiger partial charge in [-0.3, -0.25) is 14.4 Å². The number of allylic oxidation sites excluding steroid dienone is 16. The molecule has 1 unspecified atom stereocenters. The lowest BCUT2D eigenvalue weighted by atomic mass is 10.1. The number of rotatable bonds is 54. The van der Waals surface area contributed by atoms with E-state index in [1.54, 1.807) is 0 Å². The van der Waals surface area contributed by atoms with Crippen LogP contribution in [-0.4, -0.2) is 37.2 Å². The summed E-state index contributed by atoms with van der Waals surface area (Å²) in [5.41, 5.74) is 0. The van der Waals surface area contributed by atoms with Crippen molar-refractivity contribution in [2.45, 2.75) is 290 Å². The molecule has 0 heterocycles. The lowest BCUT2D eigenvalue weighted by Crippen LogP contribution is -2.30. The minimum Gasteiger partial charge on any atom is -0.462 e. The van der Waals surface area contributed by atoms with Crippen LogP contribution in [0.15, 0.2) is 97.2 Å². The van der Waals surface area contributed by atoms with E-state index in [-0.39, 0.29) is 31.1 Å². The summed E-state index contributed by atoms with van der Waals surface area (Å²) >= 11 is 0. The van der Waals surface area contributed by atoms with Crippen LogP contribution in [0.25, 0.3) is 0 Å². The predicted molar refractivity (Wildman–Crippen MR) is 311 cm³/mol. The third kappa shape index (κ3) is 57.2. The molecule has 0 fully saturated rings. The average Bonchev–Trinajstić information content (AvgIpc) is 3.38. The Bertz CT molecular complexity index is 1430. The lowest BCUT2D eigenvalue weighted by Gasteiger charge is -2.18. The smallest absolute Gasteiger partial charge is 0.306 e. The fourth-order valence-electron chi connectivity index (χ4n) is 8.26. The molecule has 0 rings (SSSR count). The second-order valence-corrected chi connectivity index (χ2v) is 19.9. The van der Waals surface area contributed by atoms with E-state index in [0.29, 0.717) is 19.3 Å². The fourth-order valence-corrected chi connectivity index (χ4v) is 8.26. The second-order valence-electron chi connectivity index (χ2n) is 19.9. The highest BCUT2D eigenvalue weighted by atomic mass is 16.6. The first-order chi connectivity index (χ1) is 35.5. The van der Waals surface area contributed by atoms with E-state index < -0.39 is 6.10 Å². The second kappa shape index (κ2) is 59.9. The van der Waals surface area contributed by atoms with Gasteiger partial charge in [0.2, 0.25) is 0 Å². The molecule has 0 saturated heterocycles. The summed E-state index contributed by atoms with van der Waals surface area (Å²) in [7, 11) is 0. The number of unbranched alkanes of at least 4 members (excludes halogenated alkanes) is 27. The van der Waals surface area contributed by atoms with Crippen molar-refractivity contribution >= 4 is 17.9 Å². The third-order valence-electron chi connectivity index (χ3n) is 12.8. The van der Waals surface area contributed by atoms with E-state index in [4.69, 9.17) is 14.2 Å². The molecule has 0 aliphatic heterocycles. The summed E-state index contributed by atoms with van der Waals surface area (Å²) in [5.74, 6) is -0.920. The highest BCUT2D eigenvalue weighted by Gasteiger charge is 2.19. The number of ether oxygens (including phenoxy) is 3. The Morgan fingerprint density at radius 2 is 0.542 bits per heavy atom. The van der Waals surface area contributed by atoms with Crippen molar-refractivity contribution < 1.29 is 28.6 Å². The van der Waals surface area contributed by atoms with Gasteiger partial charge in [0.15, 0.2) is 6.10 Å². The van der Waals surface area contributed by atoms with Gasteiger partial charge < -0.3 is 14.2 Å². The monoisotopic (exact) mass is 1000 g/mol. The highest BCUT2D eigenvalue weighted by molar-refractivity contribution is 5.71. The number of hydrogen-bond donors (Lipinski definition) is 0. The Labute approximate surface area is 445 Å². The van der Waals surface area contributed by atoms with E-state index in [0.717, 1.165) is 128 Å². The minimum absolute atomic E-state index is 0.0914. The van der Waals surface area contributed by atoms with Gasteiger partial charge in [-0.05, 0) is 122 Å². The van der Waals surface area contributed by atoms with Gasteiger partial charge in [-0.25, -0.2) is 0 Å². The molecule has 0 aromatic heterocycles. The van der Waals surface area contributed by atoms with Crippen LogP contribution in [0.2, 0.25) is 0 Å². The van der Waals surface area contributed by atoms with Crippen molar-refractivity contribution in [2.75, 3.05) is 13.2 Å². The summed E-state index contributed by atoms with van der Waals surface area (Å²) in [6, 6.07) is 0. The minimum atomic E-state index is -0.795. The number of hydrogen-bond acceptors (Lipinski definition) is 6. The molecular weight excluding hydrogens is 889 g/mol. The molecule has 6 heteroatoms. The fraction of sp³-hybridized carbons (Fsp3) is 0.712. The summed E-state index contributed by atoms with van der Waals surface area (Å²) in [6.45, 7) is 6.48. The Morgan fingerprint density at radius 3 is 0.889 bits per heavy atom. The lowest BCUT2D eigenvalue weighted by molar-refractivity contribution is -0.167. The first kappa shape index (κ1) is 68.3. The standard InChI is InChI=1S/C66H112O6/c1-4-7-10-13-16-19-22-25-28-31-32-33-34-36-38-41-44-47-50-53-56-59-65(68)71-62-63(61-70-64(67)58-55-52-49-46-43-40-37-30-27-24-21-18-15-12-9-6-3)72-66(69)60-57-54-51-48-45-42-39-35-29-26-23-20-17-14-11-8-5-2/h7,10,16-17,19-20,25-26,28-30,32-33,36-38,63H,4-6,8-9,11-15,18,21-24,27,31,34-35,39-62H2,1-3H3/b10-7-,19-16-,20-17-,28-25-,29-26-,33-32-,37-30-,38-36-. The summed E-state index contributed by atoms with van der Waals surface area (Å²) in [4.78, 5) is 38.3. The van der Waals surface area contributed by atoms with Crippen LogP contribution in [0.5, 0.6) is 0 Å². The van der Waals surface area contributed by atoms with Crippen LogP contribution in [0.4, 0.5) is 0 Å². The highest BCUT2D eigenvalue weighted by Crippen LogP contribution is 2.15. The number of carbonyl (C=O) groups excluding carboxylic acids is 3. The summed E-state index contributed by atoms with van der Waals surface area (Å²) in [6.07, 6.45) is 79.6. The summed E-state index contributed by atoms with van der Waals surface area (Å²) in [5, 5.41) is 0. The largest absolute Gasteiger partial charge is 0.462 e. The first-order valence-corrected chi connectivity index (χ1v) is 30.2. The Kier molecular flexibility index (Phi) is 56.8. The van der Waals surface area contributed by atoms with Crippen molar-refractivity contribution in [1.29, 1.82) is 0 Å². The Morgan fingerprint density at radius 1 is 0.292 bits per heavy atom. The maximum Gasteiger partial charge on any atom is 0.306 e. The zero-order valence-electron chi connectivity index (χ0n) is 47.2. The first-order valence-electron chi connectivity index (χ1n) is 30.2. The van der Waals surface area contributed by atoms with E-state index in [2.05, 4.69) is 118 Å². The van der Waals surface area contributed by atoms with E-state index in [9.17, 15) is 14.4 Å². The van der Waals surface area contributed by atoms with Crippen LogP contribution < -0.4 is 0 Å². The van der Waals surface area contributed by atoms with Crippen molar-refractivity contribution in [3.05, 3.63) is 97.2 Å². The zero-order valence-corrected chi connectivity index (χ0v) is 47.2. The van der Waals surface area contributed by atoms with Gasteiger partial charge in [0.1, 0.15) is 13.2 Å². The van der Waals surface area contributed by atoms with Gasteiger partial charge in [-0.15, -0.1) is 0 Å². The van der Waals surface area contributed by atoms with Crippen LogP contribution in [0.3, 0.4) is 0 Å². The molecule has 0 bridgehead atoms. The van der Waals surface area contributed by atoms with Crippen molar-refractivity contribution in [3.63, 3.8) is 0 Å². The third-order valence-corrected chi connectivity index (χ3v) is 12.8. The van der Waals surface area contributed by atoms with Crippen LogP contribution in [-0.2, 0) is 28.6 Å². The van der Waals surface area contributed by atoms with Gasteiger partial charge in [-0.2, -0.15) is 0 Å². The molecule has 412 valence electrons. The maximum absolute atomic E-state index is 12.9. The molecule has 0 aromatic rings. The predicted octanol–water partition coefficient (Wildman–Crippen LogP) is 20.5. The molecule has 0 aliphatic carbocycles. The van der Waals surface area contributed by atoms with E-state index in [1.165, 1.54) is 116 Å². The Balaban J connectivity index is 4.45. The zero-order chi connectivity index (χ0) is 52.2. The molecule has 6 nitrogen and oxygen atoms in total. The summed E-state index contributed by atoms with van der Waals surface area (Å²) < 4.78 is 16.9. The van der Waals surface area contributed by atoms with Crippen molar-refractivity contribution in [2.24, 2.45) is 0 Å². The normalized spacial score (nSPS) is 12.8. The SMILES string of the molecule is CC/C=C\C/C=C\C/C=C\C/C=C\C/C=C\CCCCCCCC(=O)OCC(COC(=O)CCCCCCC/C=C\CCCCCCCCC)OC(=O)CCCCCCCCC/C=C\C/C=C\CCCCC. The molecule has 72 heavy (non-hydrogen) atoms. The molecule has 0 N–H and O–H groups in total. The van der Waals surface area contributed by atoms with Gasteiger partial charge in [0, 0.05) is 19.3 Å².